The van der Waals surface area contributed by atoms with Crippen molar-refractivity contribution in [3.8, 4) is 5.82 Å². The van der Waals surface area contributed by atoms with Gasteiger partial charge in [-0.15, -0.1) is 11.3 Å². The van der Waals surface area contributed by atoms with Crippen molar-refractivity contribution in [3.63, 3.8) is 0 Å². The number of hydrogen-bond acceptors (Lipinski definition) is 8. The van der Waals surface area contributed by atoms with Crippen molar-refractivity contribution >= 4 is 34.7 Å². The minimum absolute atomic E-state index is 0.127. The van der Waals surface area contributed by atoms with Crippen molar-refractivity contribution in [2.45, 2.75) is 13.8 Å². The highest BCUT2D eigenvalue weighted by molar-refractivity contribution is 7.12. The van der Waals surface area contributed by atoms with E-state index in [1.165, 1.54) is 24.8 Å². The number of hydrogen-bond donors (Lipinski definition) is 1. The molecule has 1 fully saturated rings. The first-order chi connectivity index (χ1) is 14.0. The lowest BCUT2D eigenvalue weighted by Crippen LogP contribution is -2.52. The molecule has 0 unspecified atom stereocenters. The van der Waals surface area contributed by atoms with E-state index in [0.29, 0.717) is 29.5 Å². The van der Waals surface area contributed by atoms with E-state index in [1.54, 1.807) is 16.1 Å². The highest BCUT2D eigenvalue weighted by atomic mass is 32.1. The number of nitrogens with one attached hydrogen (secondary N) is 1. The van der Waals surface area contributed by atoms with E-state index in [1.807, 2.05) is 30.9 Å². The number of rotatable bonds is 5. The minimum atomic E-state index is -0.455. The molecule has 9 nitrogen and oxygen atoms in total. The molecule has 0 aliphatic carbocycles. The maximum absolute atomic E-state index is 12.5. The van der Waals surface area contributed by atoms with E-state index < -0.39 is 5.97 Å². The highest BCUT2D eigenvalue weighted by Crippen LogP contribution is 2.27. The Hall–Kier alpha value is -3.27. The second-order valence-corrected chi connectivity index (χ2v) is 7.74. The minimum Gasteiger partial charge on any atom is -0.465 e. The van der Waals surface area contributed by atoms with Gasteiger partial charge in [0.1, 0.15) is 17.0 Å². The van der Waals surface area contributed by atoms with Crippen LogP contribution in [0.3, 0.4) is 0 Å². The fraction of sp³-hybridized carbons (Fsp3) is 0.316. The molecule has 1 saturated heterocycles. The molecule has 1 amide bonds. The molecular formula is C19H20N6O3S. The summed E-state index contributed by atoms with van der Waals surface area (Å²) in [5.41, 5.74) is 2.40. The lowest BCUT2D eigenvalue weighted by Gasteiger charge is -2.39. The topological polar surface area (TPSA) is 102 Å². The van der Waals surface area contributed by atoms with Crippen LogP contribution in [0.4, 0.5) is 11.5 Å². The van der Waals surface area contributed by atoms with Crippen LogP contribution < -0.4 is 10.2 Å². The molecule has 10 heteroatoms. The van der Waals surface area contributed by atoms with Gasteiger partial charge < -0.3 is 15.0 Å². The van der Waals surface area contributed by atoms with E-state index in [9.17, 15) is 9.59 Å². The largest absolute Gasteiger partial charge is 0.465 e. The summed E-state index contributed by atoms with van der Waals surface area (Å²) in [5, 5.41) is 9.02. The average Bonchev–Trinajstić information content (AvgIpc) is 3.25. The van der Waals surface area contributed by atoms with Crippen LogP contribution in [0.25, 0.3) is 5.82 Å². The first-order valence-electron chi connectivity index (χ1n) is 9.03. The number of aryl methyl sites for hydroxylation is 2. The number of anilines is 2. The standard InChI is InChI=1S/C19H20N6O3S/c1-11-6-12(2)25(23-11)16-7-15(20-10-21-16)24-8-13(9-24)18(26)22-14-4-5-29-17(14)19(27)28-3/h4-7,10,13H,8-9H2,1-3H3,(H,22,26). The van der Waals surface area contributed by atoms with Crippen LogP contribution in [0, 0.1) is 19.8 Å². The summed E-state index contributed by atoms with van der Waals surface area (Å²) in [6.45, 7) is 4.98. The van der Waals surface area contributed by atoms with Gasteiger partial charge in [-0.3, -0.25) is 4.79 Å². The van der Waals surface area contributed by atoms with Gasteiger partial charge in [0.25, 0.3) is 0 Å². The lowest BCUT2D eigenvalue weighted by molar-refractivity contribution is -0.120. The molecule has 0 radical (unpaired) electrons. The third-order valence-corrected chi connectivity index (χ3v) is 5.63. The summed E-state index contributed by atoms with van der Waals surface area (Å²) in [6, 6.07) is 5.55. The number of ether oxygens (including phenoxy) is 1. The second kappa shape index (κ2) is 7.63. The Morgan fingerprint density at radius 2 is 1.97 bits per heavy atom. The molecular weight excluding hydrogens is 392 g/mol. The molecule has 1 aliphatic heterocycles. The van der Waals surface area contributed by atoms with E-state index >= 15 is 0 Å². The molecule has 29 heavy (non-hydrogen) atoms. The van der Waals surface area contributed by atoms with Gasteiger partial charge in [0.2, 0.25) is 5.91 Å². The fourth-order valence-corrected chi connectivity index (χ4v) is 3.98. The third-order valence-electron chi connectivity index (χ3n) is 4.74. The Bertz CT molecular complexity index is 1070. The van der Waals surface area contributed by atoms with Crippen LogP contribution in [-0.2, 0) is 9.53 Å². The molecule has 3 aromatic heterocycles. The Labute approximate surface area is 171 Å². The van der Waals surface area contributed by atoms with Crippen LogP contribution in [-0.4, -0.2) is 51.8 Å². The molecule has 4 heterocycles. The van der Waals surface area contributed by atoms with Gasteiger partial charge in [0, 0.05) is 24.8 Å². The summed E-state index contributed by atoms with van der Waals surface area (Å²) in [7, 11) is 1.32. The number of carbonyl (C=O) groups excluding carboxylic acids is 2. The highest BCUT2D eigenvalue weighted by Gasteiger charge is 2.34. The maximum Gasteiger partial charge on any atom is 0.350 e. The number of amides is 1. The fourth-order valence-electron chi connectivity index (χ4n) is 3.21. The Morgan fingerprint density at radius 1 is 1.21 bits per heavy atom. The zero-order valence-electron chi connectivity index (χ0n) is 16.2. The van der Waals surface area contributed by atoms with Crippen molar-refractivity contribution in [1.82, 2.24) is 19.7 Å². The van der Waals surface area contributed by atoms with Gasteiger partial charge in [0.15, 0.2) is 5.82 Å². The quantitative estimate of drug-likeness (QED) is 0.641. The van der Waals surface area contributed by atoms with Gasteiger partial charge in [-0.1, -0.05) is 0 Å². The second-order valence-electron chi connectivity index (χ2n) is 6.82. The van der Waals surface area contributed by atoms with Gasteiger partial charge in [-0.25, -0.2) is 19.4 Å². The van der Waals surface area contributed by atoms with Crippen LogP contribution in [0.15, 0.2) is 29.9 Å². The molecule has 0 bridgehead atoms. The summed E-state index contributed by atoms with van der Waals surface area (Å²) in [5.74, 6) is 0.667. The normalized spacial score (nSPS) is 13.8. The van der Waals surface area contributed by atoms with Crippen LogP contribution in [0.5, 0.6) is 0 Å². The van der Waals surface area contributed by atoms with Crippen LogP contribution in [0.2, 0.25) is 0 Å². The SMILES string of the molecule is COC(=O)c1sccc1NC(=O)C1CN(c2cc(-n3nc(C)cc3C)ncn2)C1. The van der Waals surface area contributed by atoms with Crippen molar-refractivity contribution in [3.05, 3.63) is 46.2 Å². The maximum atomic E-state index is 12.5. The van der Waals surface area contributed by atoms with Crippen molar-refractivity contribution in [2.24, 2.45) is 5.92 Å². The van der Waals surface area contributed by atoms with E-state index in [4.69, 9.17) is 4.74 Å². The van der Waals surface area contributed by atoms with Gasteiger partial charge >= 0.3 is 5.97 Å². The predicted octanol–water partition coefficient (Wildman–Crippen LogP) is 2.20. The van der Waals surface area contributed by atoms with E-state index in [2.05, 4.69) is 20.4 Å². The van der Waals surface area contributed by atoms with Crippen molar-refractivity contribution in [1.29, 1.82) is 0 Å². The monoisotopic (exact) mass is 412 g/mol. The average molecular weight is 412 g/mol. The first kappa shape index (κ1) is 19.1. The molecule has 0 saturated carbocycles. The Balaban J connectivity index is 1.41. The zero-order chi connectivity index (χ0) is 20.5. The molecule has 0 spiro atoms. The summed E-state index contributed by atoms with van der Waals surface area (Å²) < 4.78 is 6.51. The summed E-state index contributed by atoms with van der Waals surface area (Å²) in [6.07, 6.45) is 1.50. The Morgan fingerprint density at radius 3 is 2.66 bits per heavy atom. The molecule has 4 rings (SSSR count). The van der Waals surface area contributed by atoms with E-state index in [0.717, 1.165) is 17.2 Å². The van der Waals surface area contributed by atoms with Crippen molar-refractivity contribution in [2.75, 3.05) is 30.4 Å². The number of methoxy groups -OCH3 is 1. The number of esters is 1. The summed E-state index contributed by atoms with van der Waals surface area (Å²) in [4.78, 5) is 35.3. The molecule has 3 aromatic rings. The smallest absolute Gasteiger partial charge is 0.350 e. The molecule has 0 aromatic carbocycles. The predicted molar refractivity (Wildman–Crippen MR) is 109 cm³/mol. The van der Waals surface area contributed by atoms with Crippen LogP contribution in [0.1, 0.15) is 21.1 Å². The molecule has 0 atom stereocenters. The van der Waals surface area contributed by atoms with Gasteiger partial charge in [-0.05, 0) is 31.4 Å². The molecule has 1 N–H and O–H groups in total. The number of thiophene rings is 1. The molecule has 1 aliphatic rings. The lowest BCUT2D eigenvalue weighted by atomic mass is 9.99. The Kier molecular flexibility index (Phi) is 5.01. The van der Waals surface area contributed by atoms with Gasteiger partial charge in [0.05, 0.1) is 24.4 Å². The number of carbonyl (C=O) groups is 2. The third kappa shape index (κ3) is 3.70. The zero-order valence-corrected chi connectivity index (χ0v) is 17.1. The molecule has 150 valence electrons. The van der Waals surface area contributed by atoms with Crippen molar-refractivity contribution < 1.29 is 14.3 Å². The summed E-state index contributed by atoms with van der Waals surface area (Å²) >= 11 is 1.24. The van der Waals surface area contributed by atoms with Gasteiger partial charge in [-0.2, -0.15) is 5.10 Å². The van der Waals surface area contributed by atoms with E-state index in [-0.39, 0.29) is 11.8 Å². The first-order valence-corrected chi connectivity index (χ1v) is 9.91. The number of nitrogens with zero attached hydrogens (tertiary/aromatic N) is 5. The van der Waals surface area contributed by atoms with Crippen LogP contribution >= 0.6 is 11.3 Å². The number of aromatic nitrogens is 4.